The van der Waals surface area contributed by atoms with Gasteiger partial charge in [-0.15, -0.1) is 11.3 Å². The maximum absolute atomic E-state index is 12.6. The minimum absolute atomic E-state index is 0.0905. The van der Waals surface area contributed by atoms with Crippen molar-refractivity contribution in [3.8, 4) is 10.6 Å². The van der Waals surface area contributed by atoms with Crippen molar-refractivity contribution in [3.63, 3.8) is 0 Å². The zero-order valence-electron chi connectivity index (χ0n) is 13.0. The van der Waals surface area contributed by atoms with Crippen molar-refractivity contribution in [2.45, 2.75) is 19.8 Å². The Kier molecular flexibility index (Phi) is 4.30. The van der Waals surface area contributed by atoms with Gasteiger partial charge in [-0.1, -0.05) is 0 Å². The molecule has 4 nitrogen and oxygen atoms in total. The first-order chi connectivity index (χ1) is 11.0. The number of rotatable bonds is 2. The maximum atomic E-state index is 12.6. The number of piperidine rings is 1. The normalized spacial score (nSPS) is 15.1. The minimum Gasteiger partial charge on any atom is -0.337 e. The zero-order valence-corrected chi connectivity index (χ0v) is 13.8. The summed E-state index contributed by atoms with van der Waals surface area (Å²) in [5, 5.41) is 4.41. The van der Waals surface area contributed by atoms with Crippen molar-refractivity contribution < 1.29 is 13.6 Å². The average Bonchev–Trinajstić information content (AvgIpc) is 3.14. The van der Waals surface area contributed by atoms with Crippen LogP contribution in [-0.2, 0) is 7.05 Å². The number of carbonyl (C=O) groups is 1. The van der Waals surface area contributed by atoms with Crippen LogP contribution in [-0.4, -0.2) is 33.7 Å². The molecule has 0 saturated carbocycles. The average molecular weight is 337 g/mol. The molecule has 0 atom stereocenters. The van der Waals surface area contributed by atoms with E-state index >= 15 is 0 Å². The summed E-state index contributed by atoms with van der Waals surface area (Å²) in [5.41, 5.74) is 2.06. The molecule has 1 amide bonds. The molecule has 0 N–H and O–H groups in total. The second-order valence-corrected chi connectivity index (χ2v) is 6.70. The number of amides is 1. The predicted molar refractivity (Wildman–Crippen MR) is 85.6 cm³/mol. The Labute approximate surface area is 137 Å². The van der Waals surface area contributed by atoms with Gasteiger partial charge in [0.1, 0.15) is 5.69 Å². The third kappa shape index (κ3) is 3.19. The molecule has 1 fully saturated rings. The first-order valence-electron chi connectivity index (χ1n) is 7.39. The molecule has 0 spiro atoms. The third-order valence-corrected chi connectivity index (χ3v) is 5.20. The fourth-order valence-corrected chi connectivity index (χ4v) is 3.53. The van der Waals surface area contributed by atoms with Crippen LogP contribution in [0.1, 0.15) is 28.2 Å². The first kappa shape index (κ1) is 15.9. The number of thiophene rings is 1. The van der Waals surface area contributed by atoms with Crippen molar-refractivity contribution in [3.05, 3.63) is 40.4 Å². The van der Waals surface area contributed by atoms with Crippen LogP contribution in [0.3, 0.4) is 0 Å². The highest BCUT2D eigenvalue weighted by molar-refractivity contribution is 7.17. The molecule has 1 saturated heterocycles. The monoisotopic (exact) mass is 337 g/mol. The summed E-state index contributed by atoms with van der Waals surface area (Å²) < 4.78 is 26.9. The minimum atomic E-state index is -1.60. The standard InChI is InChI=1S/C16H17F2N3OS/c1-10-9-12(19-20(10)2)13-3-4-14(23-13)16(22)21-7-5-11(6-8-21)15(17)18/h3-4,9H,5-8H2,1-2H3. The molecule has 0 aliphatic carbocycles. The van der Waals surface area contributed by atoms with Crippen LogP contribution in [0.4, 0.5) is 8.78 Å². The van der Waals surface area contributed by atoms with Gasteiger partial charge in [0, 0.05) is 25.8 Å². The fourth-order valence-electron chi connectivity index (χ4n) is 2.60. The van der Waals surface area contributed by atoms with E-state index in [0.717, 1.165) is 16.3 Å². The highest BCUT2D eigenvalue weighted by Gasteiger charge is 2.23. The number of hydrogen-bond donors (Lipinski definition) is 0. The molecule has 23 heavy (non-hydrogen) atoms. The summed E-state index contributed by atoms with van der Waals surface area (Å²) in [5.74, 6) is -0.0905. The van der Waals surface area contributed by atoms with Crippen molar-refractivity contribution in [2.75, 3.05) is 13.1 Å². The van der Waals surface area contributed by atoms with E-state index in [0.29, 0.717) is 18.0 Å². The highest BCUT2D eigenvalue weighted by Crippen LogP contribution is 2.29. The molecule has 3 heterocycles. The number of aryl methyl sites for hydroxylation is 2. The highest BCUT2D eigenvalue weighted by atomic mass is 32.1. The number of hydrogen-bond acceptors (Lipinski definition) is 3. The molecule has 1 aliphatic heterocycles. The molecular formula is C16H17F2N3OS. The van der Waals surface area contributed by atoms with Crippen LogP contribution in [0.2, 0.25) is 0 Å². The molecule has 2 aromatic heterocycles. The lowest BCUT2D eigenvalue weighted by atomic mass is 10.1. The number of carbonyl (C=O) groups excluding carboxylic acids is 1. The van der Waals surface area contributed by atoms with Crippen LogP contribution in [0.25, 0.3) is 10.6 Å². The number of halogens is 2. The van der Waals surface area contributed by atoms with Gasteiger partial charge in [-0.25, -0.2) is 0 Å². The van der Waals surface area contributed by atoms with Crippen molar-refractivity contribution >= 4 is 17.2 Å². The number of aromatic nitrogens is 2. The summed E-state index contributed by atoms with van der Waals surface area (Å²) in [6.45, 7) is 2.67. The van der Waals surface area contributed by atoms with E-state index in [1.165, 1.54) is 11.3 Å². The molecule has 2 aromatic rings. The summed E-state index contributed by atoms with van der Waals surface area (Å²) in [6, 6.07) is 5.64. The Morgan fingerprint density at radius 2 is 1.96 bits per heavy atom. The van der Waals surface area contributed by atoms with E-state index in [9.17, 15) is 13.6 Å². The SMILES string of the molecule is Cc1cc(-c2ccc(C(=O)N3CCC(=C(F)F)CC3)s2)nn1C. The smallest absolute Gasteiger partial charge is 0.269 e. The molecule has 0 bridgehead atoms. The molecular weight excluding hydrogens is 320 g/mol. The molecule has 0 radical (unpaired) electrons. The molecule has 3 rings (SSSR count). The Morgan fingerprint density at radius 1 is 1.26 bits per heavy atom. The van der Waals surface area contributed by atoms with Crippen LogP contribution in [0.5, 0.6) is 0 Å². The van der Waals surface area contributed by atoms with Gasteiger partial charge in [0.25, 0.3) is 12.0 Å². The fraction of sp³-hybridized carbons (Fsp3) is 0.375. The van der Waals surface area contributed by atoms with Gasteiger partial charge in [0.15, 0.2) is 0 Å². The van der Waals surface area contributed by atoms with Gasteiger partial charge >= 0.3 is 0 Å². The van der Waals surface area contributed by atoms with Gasteiger partial charge in [-0.2, -0.15) is 13.9 Å². The Balaban J connectivity index is 1.73. The lowest BCUT2D eigenvalue weighted by molar-refractivity contribution is 0.0745. The van der Waals surface area contributed by atoms with Gasteiger partial charge in [0.2, 0.25) is 0 Å². The van der Waals surface area contributed by atoms with E-state index in [-0.39, 0.29) is 24.3 Å². The topological polar surface area (TPSA) is 38.1 Å². The Morgan fingerprint density at radius 3 is 2.52 bits per heavy atom. The van der Waals surface area contributed by atoms with Crippen LogP contribution >= 0.6 is 11.3 Å². The molecule has 7 heteroatoms. The summed E-state index contributed by atoms with van der Waals surface area (Å²) in [7, 11) is 1.88. The number of nitrogens with zero attached hydrogens (tertiary/aromatic N) is 3. The largest absolute Gasteiger partial charge is 0.337 e. The van der Waals surface area contributed by atoms with Crippen LogP contribution in [0, 0.1) is 6.92 Å². The second kappa shape index (κ2) is 6.23. The molecule has 0 aromatic carbocycles. The van der Waals surface area contributed by atoms with Crippen LogP contribution in [0.15, 0.2) is 29.9 Å². The molecule has 122 valence electrons. The third-order valence-electron chi connectivity index (χ3n) is 4.10. The quantitative estimate of drug-likeness (QED) is 0.835. The predicted octanol–water partition coefficient (Wildman–Crippen LogP) is 3.84. The van der Waals surface area contributed by atoms with Gasteiger partial charge in [-0.3, -0.25) is 9.48 Å². The van der Waals surface area contributed by atoms with Crippen molar-refractivity contribution in [2.24, 2.45) is 7.05 Å². The summed E-state index contributed by atoms with van der Waals surface area (Å²) in [6.07, 6.45) is -1.08. The van der Waals surface area contributed by atoms with E-state index in [1.807, 2.05) is 26.1 Å². The van der Waals surface area contributed by atoms with Crippen molar-refractivity contribution in [1.29, 1.82) is 0 Å². The zero-order chi connectivity index (χ0) is 16.6. The van der Waals surface area contributed by atoms with E-state index < -0.39 is 6.08 Å². The molecule has 1 aliphatic rings. The Hall–Kier alpha value is -2.02. The van der Waals surface area contributed by atoms with E-state index in [2.05, 4.69) is 5.10 Å². The van der Waals surface area contributed by atoms with Crippen molar-refractivity contribution in [1.82, 2.24) is 14.7 Å². The maximum Gasteiger partial charge on any atom is 0.269 e. The van der Waals surface area contributed by atoms with Gasteiger partial charge < -0.3 is 4.90 Å². The number of likely N-dealkylation sites (tertiary alicyclic amines) is 1. The van der Waals surface area contributed by atoms with E-state index in [4.69, 9.17) is 0 Å². The Bertz CT molecular complexity index is 745. The lowest BCUT2D eigenvalue weighted by Crippen LogP contribution is -2.36. The van der Waals surface area contributed by atoms with Gasteiger partial charge in [0.05, 0.1) is 9.75 Å². The summed E-state index contributed by atoms with van der Waals surface area (Å²) >= 11 is 1.39. The van der Waals surface area contributed by atoms with Gasteiger partial charge in [-0.05, 0) is 43.5 Å². The van der Waals surface area contributed by atoms with Crippen LogP contribution < -0.4 is 0 Å². The lowest BCUT2D eigenvalue weighted by Gasteiger charge is -2.27. The molecule has 0 unspecified atom stereocenters. The van der Waals surface area contributed by atoms with E-state index in [1.54, 1.807) is 15.6 Å². The second-order valence-electron chi connectivity index (χ2n) is 5.61. The first-order valence-corrected chi connectivity index (χ1v) is 8.20. The summed E-state index contributed by atoms with van der Waals surface area (Å²) in [4.78, 5) is 15.7.